The maximum atomic E-state index is 12.1. The highest BCUT2D eigenvalue weighted by Gasteiger charge is 2.20. The Bertz CT molecular complexity index is 533. The molecule has 0 aromatic heterocycles. The Morgan fingerprint density at radius 3 is 2.68 bits per heavy atom. The van der Waals surface area contributed by atoms with E-state index < -0.39 is 6.03 Å². The van der Waals surface area contributed by atoms with Crippen molar-refractivity contribution in [3.05, 3.63) is 18.2 Å². The monoisotopic (exact) mass is 328 g/mol. The molecular formula is C14H21ClN4O3. The van der Waals surface area contributed by atoms with Crippen molar-refractivity contribution in [1.82, 2.24) is 5.32 Å². The Morgan fingerprint density at radius 1 is 1.32 bits per heavy atom. The zero-order valence-corrected chi connectivity index (χ0v) is 13.2. The highest BCUT2D eigenvalue weighted by molar-refractivity contribution is 5.96. The molecule has 2 rings (SSSR count). The minimum Gasteiger partial charge on any atom is -0.494 e. The second-order valence-corrected chi connectivity index (χ2v) is 4.90. The summed E-state index contributed by atoms with van der Waals surface area (Å²) in [5.41, 5.74) is 6.15. The number of halogens is 1. The second kappa shape index (κ2) is 8.45. The number of rotatable bonds is 4. The number of methoxy groups -OCH3 is 1. The van der Waals surface area contributed by atoms with Crippen molar-refractivity contribution in [2.24, 2.45) is 5.73 Å². The molecule has 0 bridgehead atoms. The number of nitrogens with one attached hydrogen (secondary N) is 3. The molecule has 1 fully saturated rings. The minimum absolute atomic E-state index is 0. The smallest absolute Gasteiger partial charge is 0.316 e. The normalized spacial score (nSPS) is 17.0. The van der Waals surface area contributed by atoms with Crippen LogP contribution in [0.4, 0.5) is 16.2 Å². The van der Waals surface area contributed by atoms with Gasteiger partial charge in [-0.2, -0.15) is 0 Å². The Balaban J connectivity index is 0.00000242. The molecule has 1 aliphatic rings. The van der Waals surface area contributed by atoms with Crippen molar-refractivity contribution >= 4 is 35.7 Å². The van der Waals surface area contributed by atoms with Crippen LogP contribution in [0.1, 0.15) is 19.3 Å². The molecule has 5 N–H and O–H groups in total. The van der Waals surface area contributed by atoms with E-state index in [0.29, 0.717) is 17.1 Å². The first kappa shape index (κ1) is 18.1. The molecule has 0 saturated carbocycles. The lowest BCUT2D eigenvalue weighted by Gasteiger charge is -2.22. The maximum absolute atomic E-state index is 12.1. The highest BCUT2D eigenvalue weighted by atomic mass is 35.5. The fraction of sp³-hybridized carbons (Fsp3) is 0.429. The predicted molar refractivity (Wildman–Crippen MR) is 87.7 cm³/mol. The van der Waals surface area contributed by atoms with Gasteiger partial charge in [0.05, 0.1) is 18.8 Å². The van der Waals surface area contributed by atoms with Crippen LogP contribution in [0.15, 0.2) is 18.2 Å². The summed E-state index contributed by atoms with van der Waals surface area (Å²) >= 11 is 0. The fourth-order valence-corrected chi connectivity index (χ4v) is 2.31. The van der Waals surface area contributed by atoms with Crippen LogP contribution in [-0.2, 0) is 4.79 Å². The van der Waals surface area contributed by atoms with E-state index in [2.05, 4.69) is 16.0 Å². The summed E-state index contributed by atoms with van der Waals surface area (Å²) in [6.45, 7) is 0.864. The highest BCUT2D eigenvalue weighted by Crippen LogP contribution is 2.28. The molecule has 8 heteroatoms. The number of carbonyl (C=O) groups excluding carboxylic acids is 2. The van der Waals surface area contributed by atoms with Crippen molar-refractivity contribution < 1.29 is 14.3 Å². The third-order valence-corrected chi connectivity index (χ3v) is 3.35. The molecule has 1 saturated heterocycles. The zero-order valence-electron chi connectivity index (χ0n) is 12.3. The molecule has 3 amide bonds. The molecule has 1 aromatic carbocycles. The van der Waals surface area contributed by atoms with Gasteiger partial charge in [0, 0.05) is 11.8 Å². The molecule has 0 aliphatic carbocycles. The molecule has 1 heterocycles. The largest absolute Gasteiger partial charge is 0.494 e. The van der Waals surface area contributed by atoms with Gasteiger partial charge >= 0.3 is 6.03 Å². The molecule has 1 atom stereocenters. The van der Waals surface area contributed by atoms with Gasteiger partial charge in [0.15, 0.2) is 0 Å². The van der Waals surface area contributed by atoms with E-state index in [-0.39, 0.29) is 24.4 Å². The lowest BCUT2D eigenvalue weighted by molar-refractivity contribution is -0.118. The number of ether oxygens (including phenoxy) is 1. The van der Waals surface area contributed by atoms with Crippen molar-refractivity contribution in [2.45, 2.75) is 25.3 Å². The number of nitrogens with two attached hydrogens (primary N) is 1. The summed E-state index contributed by atoms with van der Waals surface area (Å²) < 4.78 is 5.18. The first-order chi connectivity index (χ1) is 10.1. The van der Waals surface area contributed by atoms with Crippen molar-refractivity contribution in [1.29, 1.82) is 0 Å². The maximum Gasteiger partial charge on any atom is 0.316 e. The molecule has 7 nitrogen and oxygen atoms in total. The van der Waals surface area contributed by atoms with Crippen LogP contribution in [0, 0.1) is 0 Å². The summed E-state index contributed by atoms with van der Waals surface area (Å²) in [4.78, 5) is 23.0. The number of hydrogen-bond acceptors (Lipinski definition) is 4. The second-order valence-electron chi connectivity index (χ2n) is 4.90. The number of hydrogen-bond donors (Lipinski definition) is 4. The average Bonchev–Trinajstić information content (AvgIpc) is 2.49. The summed E-state index contributed by atoms with van der Waals surface area (Å²) in [5, 5.41) is 8.49. The summed E-state index contributed by atoms with van der Waals surface area (Å²) in [6, 6.07) is 4.14. The van der Waals surface area contributed by atoms with Crippen LogP contribution in [0.3, 0.4) is 0 Å². The van der Waals surface area contributed by atoms with E-state index in [4.69, 9.17) is 10.5 Å². The lowest BCUT2D eigenvalue weighted by atomic mass is 10.0. The van der Waals surface area contributed by atoms with E-state index in [9.17, 15) is 9.59 Å². The third-order valence-electron chi connectivity index (χ3n) is 3.35. The first-order valence-electron chi connectivity index (χ1n) is 6.89. The molecule has 1 aromatic rings. The first-order valence-corrected chi connectivity index (χ1v) is 6.89. The van der Waals surface area contributed by atoms with Crippen LogP contribution in [-0.4, -0.2) is 31.6 Å². The van der Waals surface area contributed by atoms with Gasteiger partial charge in [-0.15, -0.1) is 12.4 Å². The summed E-state index contributed by atoms with van der Waals surface area (Å²) in [7, 11) is 1.48. The number of primary amides is 1. The third kappa shape index (κ3) is 4.78. The van der Waals surface area contributed by atoms with E-state index in [0.717, 1.165) is 25.8 Å². The molecule has 0 spiro atoms. The molecular weight excluding hydrogens is 308 g/mol. The minimum atomic E-state index is -0.670. The van der Waals surface area contributed by atoms with E-state index >= 15 is 0 Å². The topological polar surface area (TPSA) is 105 Å². The molecule has 0 radical (unpaired) electrons. The van der Waals surface area contributed by atoms with Gasteiger partial charge < -0.3 is 26.4 Å². The van der Waals surface area contributed by atoms with E-state index in [1.807, 2.05) is 0 Å². The van der Waals surface area contributed by atoms with Gasteiger partial charge in [0.2, 0.25) is 5.91 Å². The molecule has 1 unspecified atom stereocenters. The Morgan fingerprint density at radius 2 is 2.09 bits per heavy atom. The SMILES string of the molecule is COc1cc(NC(=O)C2CCCCN2)ccc1NC(N)=O.Cl. The van der Waals surface area contributed by atoms with Gasteiger partial charge in [0.1, 0.15) is 5.75 Å². The number of amides is 3. The Hall–Kier alpha value is -1.99. The summed E-state index contributed by atoms with van der Waals surface area (Å²) in [5.74, 6) is 0.371. The van der Waals surface area contributed by atoms with Gasteiger partial charge in [0.25, 0.3) is 0 Å². The van der Waals surface area contributed by atoms with Crippen LogP contribution < -0.4 is 26.4 Å². The van der Waals surface area contributed by atoms with E-state index in [1.54, 1.807) is 18.2 Å². The van der Waals surface area contributed by atoms with Crippen molar-refractivity contribution in [3.63, 3.8) is 0 Å². The van der Waals surface area contributed by atoms with E-state index in [1.165, 1.54) is 7.11 Å². The van der Waals surface area contributed by atoms with Gasteiger partial charge in [-0.25, -0.2) is 4.79 Å². The molecule has 122 valence electrons. The molecule has 1 aliphatic heterocycles. The quantitative estimate of drug-likeness (QED) is 0.675. The molecule has 22 heavy (non-hydrogen) atoms. The average molecular weight is 329 g/mol. The number of carbonyl (C=O) groups is 2. The van der Waals surface area contributed by atoms with Crippen LogP contribution in [0.25, 0.3) is 0 Å². The van der Waals surface area contributed by atoms with Crippen LogP contribution >= 0.6 is 12.4 Å². The standard InChI is InChI=1S/C14H20N4O3.ClH/c1-21-12-8-9(5-6-10(12)18-14(15)20)17-13(19)11-4-2-3-7-16-11;/h5-6,8,11,16H,2-4,7H2,1H3,(H,17,19)(H3,15,18,20);1H. The number of piperidine rings is 1. The number of benzene rings is 1. The van der Waals surface area contributed by atoms with Crippen LogP contribution in [0.2, 0.25) is 0 Å². The fourth-order valence-electron chi connectivity index (χ4n) is 2.31. The zero-order chi connectivity index (χ0) is 15.2. The van der Waals surface area contributed by atoms with Gasteiger partial charge in [-0.1, -0.05) is 6.42 Å². The predicted octanol–water partition coefficient (Wildman–Crippen LogP) is 1.69. The van der Waals surface area contributed by atoms with Crippen LogP contribution in [0.5, 0.6) is 5.75 Å². The van der Waals surface area contributed by atoms with Gasteiger partial charge in [-0.05, 0) is 31.5 Å². The summed E-state index contributed by atoms with van der Waals surface area (Å²) in [6.07, 6.45) is 2.99. The number of anilines is 2. The van der Waals surface area contributed by atoms with Crippen molar-refractivity contribution in [3.8, 4) is 5.75 Å². The Labute approximate surface area is 135 Å². The van der Waals surface area contributed by atoms with Gasteiger partial charge in [-0.3, -0.25) is 4.79 Å². The number of urea groups is 1. The van der Waals surface area contributed by atoms with Crippen molar-refractivity contribution in [2.75, 3.05) is 24.3 Å². The Kier molecular flexibility index (Phi) is 6.94. The lowest BCUT2D eigenvalue weighted by Crippen LogP contribution is -2.43.